The summed E-state index contributed by atoms with van der Waals surface area (Å²) in [7, 11) is 0. The molecule has 1 rings (SSSR count). The first-order valence-electron chi connectivity index (χ1n) is 3.96. The first-order valence-corrected chi connectivity index (χ1v) is 4.76. The van der Waals surface area contributed by atoms with Gasteiger partial charge in [0.25, 0.3) is 0 Å². The van der Waals surface area contributed by atoms with Gasteiger partial charge in [-0.3, -0.25) is 0 Å². The number of nitrogens with two attached hydrogens (primary N) is 1. The summed E-state index contributed by atoms with van der Waals surface area (Å²) in [6.45, 7) is 3.56. The van der Waals surface area contributed by atoms with E-state index in [1.807, 2.05) is 0 Å². The molecular formula is C10H12BrClFN. The second-order valence-corrected chi connectivity index (χ2v) is 3.71. The first kappa shape index (κ1) is 13.6. The van der Waals surface area contributed by atoms with Gasteiger partial charge < -0.3 is 5.73 Å². The van der Waals surface area contributed by atoms with Crippen LogP contribution in [0.4, 0.5) is 4.39 Å². The van der Waals surface area contributed by atoms with Gasteiger partial charge in [-0.05, 0) is 24.6 Å². The fraction of sp³-hybridized carbons (Fsp3) is 0.200. The van der Waals surface area contributed by atoms with Crippen LogP contribution < -0.4 is 5.73 Å². The molecule has 1 aromatic rings. The third-order valence-electron chi connectivity index (χ3n) is 1.78. The minimum atomic E-state index is -0.310. The Morgan fingerprint density at radius 3 is 2.79 bits per heavy atom. The van der Waals surface area contributed by atoms with Crippen LogP contribution in [-0.2, 0) is 0 Å². The van der Waals surface area contributed by atoms with Crippen molar-refractivity contribution in [3.05, 3.63) is 46.7 Å². The summed E-state index contributed by atoms with van der Waals surface area (Å²) < 4.78 is 14.0. The molecule has 0 saturated carbocycles. The zero-order valence-electron chi connectivity index (χ0n) is 7.54. The van der Waals surface area contributed by atoms with Crippen molar-refractivity contribution in [3.63, 3.8) is 0 Å². The van der Waals surface area contributed by atoms with Gasteiger partial charge in [0.2, 0.25) is 0 Å². The van der Waals surface area contributed by atoms with Crippen LogP contribution in [0.1, 0.15) is 18.0 Å². The van der Waals surface area contributed by atoms with E-state index in [1.54, 1.807) is 18.2 Å². The van der Waals surface area contributed by atoms with E-state index in [0.29, 0.717) is 12.0 Å². The molecule has 0 heterocycles. The molecule has 0 radical (unpaired) electrons. The van der Waals surface area contributed by atoms with Crippen molar-refractivity contribution in [2.24, 2.45) is 5.73 Å². The molecular weight excluding hydrogens is 268 g/mol. The van der Waals surface area contributed by atoms with Gasteiger partial charge >= 0.3 is 0 Å². The van der Waals surface area contributed by atoms with Crippen LogP contribution in [0.25, 0.3) is 0 Å². The van der Waals surface area contributed by atoms with Gasteiger partial charge in [0, 0.05) is 16.1 Å². The molecule has 2 N–H and O–H groups in total. The Bertz CT molecular complexity index is 317. The highest BCUT2D eigenvalue weighted by molar-refractivity contribution is 9.10. The molecule has 1 atom stereocenters. The summed E-state index contributed by atoms with van der Waals surface area (Å²) in [6, 6.07) is 4.45. The molecule has 4 heteroatoms. The van der Waals surface area contributed by atoms with Crippen LogP contribution in [0.2, 0.25) is 0 Å². The number of rotatable bonds is 3. The molecule has 14 heavy (non-hydrogen) atoms. The monoisotopic (exact) mass is 279 g/mol. The second-order valence-electron chi connectivity index (χ2n) is 2.80. The molecule has 0 aliphatic rings. The zero-order valence-corrected chi connectivity index (χ0v) is 9.94. The van der Waals surface area contributed by atoms with Crippen molar-refractivity contribution in [2.45, 2.75) is 12.5 Å². The minimum Gasteiger partial charge on any atom is -0.324 e. The molecule has 0 aliphatic carbocycles. The second kappa shape index (κ2) is 6.17. The van der Waals surface area contributed by atoms with Crippen molar-refractivity contribution in [3.8, 4) is 0 Å². The highest BCUT2D eigenvalue weighted by Gasteiger charge is 2.09. The molecule has 0 spiro atoms. The molecule has 0 aliphatic heterocycles. The zero-order chi connectivity index (χ0) is 9.84. The largest absolute Gasteiger partial charge is 0.324 e. The van der Waals surface area contributed by atoms with Crippen LogP contribution in [0.15, 0.2) is 35.3 Å². The third kappa shape index (κ3) is 3.40. The number of hydrogen-bond acceptors (Lipinski definition) is 1. The van der Waals surface area contributed by atoms with E-state index in [-0.39, 0.29) is 24.3 Å². The lowest BCUT2D eigenvalue weighted by atomic mass is 10.0. The molecule has 1 aromatic carbocycles. The molecule has 0 aromatic heterocycles. The summed E-state index contributed by atoms with van der Waals surface area (Å²) in [5.41, 5.74) is 6.27. The van der Waals surface area contributed by atoms with E-state index in [1.165, 1.54) is 6.07 Å². The summed E-state index contributed by atoms with van der Waals surface area (Å²) in [4.78, 5) is 0. The summed E-state index contributed by atoms with van der Waals surface area (Å²) in [5.74, 6) is -0.266. The van der Waals surface area contributed by atoms with Crippen LogP contribution in [0, 0.1) is 5.82 Å². The molecule has 0 saturated heterocycles. The normalized spacial score (nSPS) is 11.6. The van der Waals surface area contributed by atoms with Crippen LogP contribution in [0.5, 0.6) is 0 Å². The predicted octanol–water partition coefficient (Wildman–Crippen LogP) is 3.59. The Morgan fingerprint density at radius 1 is 1.57 bits per heavy atom. The lowest BCUT2D eigenvalue weighted by Gasteiger charge is -2.10. The third-order valence-corrected chi connectivity index (χ3v) is 2.27. The van der Waals surface area contributed by atoms with E-state index >= 15 is 0 Å². The number of hydrogen-bond donors (Lipinski definition) is 1. The molecule has 1 nitrogen and oxygen atoms in total. The van der Waals surface area contributed by atoms with Gasteiger partial charge in [0.05, 0.1) is 0 Å². The average molecular weight is 281 g/mol. The Balaban J connectivity index is 0.00000169. The van der Waals surface area contributed by atoms with Crippen molar-refractivity contribution >= 4 is 28.3 Å². The maximum absolute atomic E-state index is 13.2. The molecule has 0 unspecified atom stereocenters. The highest BCUT2D eigenvalue weighted by Crippen LogP contribution is 2.22. The Kier molecular flexibility index (Phi) is 6.00. The molecule has 0 bridgehead atoms. The maximum atomic E-state index is 13.2. The molecule has 0 amide bonds. The predicted molar refractivity (Wildman–Crippen MR) is 63.1 cm³/mol. The summed E-state index contributed by atoms with van der Waals surface area (Å²) in [5, 5.41) is 0. The van der Waals surface area contributed by atoms with Crippen LogP contribution in [-0.4, -0.2) is 0 Å². The Labute approximate surface area is 97.7 Å². The van der Waals surface area contributed by atoms with E-state index < -0.39 is 0 Å². The van der Waals surface area contributed by atoms with Gasteiger partial charge in [-0.1, -0.05) is 22.0 Å². The van der Waals surface area contributed by atoms with Crippen molar-refractivity contribution in [1.82, 2.24) is 0 Å². The van der Waals surface area contributed by atoms with E-state index in [4.69, 9.17) is 5.73 Å². The van der Waals surface area contributed by atoms with E-state index in [9.17, 15) is 4.39 Å². The van der Waals surface area contributed by atoms with Gasteiger partial charge in [0.1, 0.15) is 5.82 Å². The van der Waals surface area contributed by atoms with Crippen molar-refractivity contribution in [2.75, 3.05) is 0 Å². The smallest absolute Gasteiger partial charge is 0.128 e. The fourth-order valence-corrected chi connectivity index (χ4v) is 1.48. The topological polar surface area (TPSA) is 26.0 Å². The lowest BCUT2D eigenvalue weighted by molar-refractivity contribution is 0.583. The van der Waals surface area contributed by atoms with Gasteiger partial charge in [-0.15, -0.1) is 19.0 Å². The standard InChI is InChI=1S/C10H11BrFN.ClH/c1-2-3-10(13)8-6-7(11)4-5-9(8)12;/h2,4-6,10H,1,3,13H2;1H/t10-;/m1./s1. The highest BCUT2D eigenvalue weighted by atomic mass is 79.9. The summed E-state index contributed by atoms with van der Waals surface area (Å²) in [6.07, 6.45) is 2.26. The van der Waals surface area contributed by atoms with E-state index in [0.717, 1.165) is 4.47 Å². The molecule has 78 valence electrons. The minimum absolute atomic E-state index is 0. The van der Waals surface area contributed by atoms with Crippen LogP contribution >= 0.6 is 28.3 Å². The first-order chi connectivity index (χ1) is 6.15. The molecule has 0 fully saturated rings. The maximum Gasteiger partial charge on any atom is 0.128 e. The average Bonchev–Trinajstić information content (AvgIpc) is 2.09. The van der Waals surface area contributed by atoms with Crippen molar-refractivity contribution in [1.29, 1.82) is 0 Å². The van der Waals surface area contributed by atoms with Gasteiger partial charge in [-0.2, -0.15) is 0 Å². The number of benzene rings is 1. The van der Waals surface area contributed by atoms with Crippen molar-refractivity contribution < 1.29 is 4.39 Å². The quantitative estimate of drug-likeness (QED) is 0.841. The van der Waals surface area contributed by atoms with Gasteiger partial charge in [-0.25, -0.2) is 4.39 Å². The van der Waals surface area contributed by atoms with E-state index in [2.05, 4.69) is 22.5 Å². The SMILES string of the molecule is C=CC[C@@H](N)c1cc(Br)ccc1F.Cl. The summed E-state index contributed by atoms with van der Waals surface area (Å²) >= 11 is 3.27. The fourth-order valence-electron chi connectivity index (χ4n) is 1.11. The Hall–Kier alpha value is -0.380. The lowest BCUT2D eigenvalue weighted by Crippen LogP contribution is -2.10. The van der Waals surface area contributed by atoms with Gasteiger partial charge in [0.15, 0.2) is 0 Å². The van der Waals surface area contributed by atoms with Crippen LogP contribution in [0.3, 0.4) is 0 Å². The number of halogens is 3. The Morgan fingerprint density at radius 2 is 2.21 bits per heavy atom.